The van der Waals surface area contributed by atoms with E-state index in [4.69, 9.17) is 0 Å². The van der Waals surface area contributed by atoms with Crippen molar-refractivity contribution in [3.63, 3.8) is 0 Å². The van der Waals surface area contributed by atoms with Gasteiger partial charge in [-0.25, -0.2) is 4.79 Å². The Labute approximate surface area is 120 Å². The number of carbonyl (C=O) groups excluding carboxylic acids is 2. The molecule has 0 atom stereocenters. The predicted molar refractivity (Wildman–Crippen MR) is 67.5 cm³/mol. The number of hydrogen-bond acceptors (Lipinski definition) is 3. The molecule has 2 aliphatic rings. The molecule has 1 aliphatic carbocycles. The first-order valence-corrected chi connectivity index (χ1v) is 7.02. The standard InChI is InChI=1S/C13H19F3N2O3/c1-9-2-4-12(5-3-9)10(19)17-11(20)18(12)6-7-21-8-13(14,15)16/h9H,2-8H2,1H3,(H,17,19,20). The third kappa shape index (κ3) is 3.48. The van der Waals surface area contributed by atoms with Gasteiger partial charge in [0.15, 0.2) is 0 Å². The fourth-order valence-corrected chi connectivity index (χ4v) is 2.99. The van der Waals surface area contributed by atoms with Crippen LogP contribution < -0.4 is 5.32 Å². The minimum absolute atomic E-state index is 0.0119. The molecule has 0 aromatic carbocycles. The molecule has 0 radical (unpaired) electrons. The summed E-state index contributed by atoms with van der Waals surface area (Å²) >= 11 is 0. The first kappa shape index (κ1) is 16.1. The Kier molecular flexibility index (Phi) is 4.46. The molecule has 0 aromatic rings. The van der Waals surface area contributed by atoms with E-state index < -0.39 is 24.4 Å². The van der Waals surface area contributed by atoms with Gasteiger partial charge < -0.3 is 9.64 Å². The topological polar surface area (TPSA) is 58.6 Å². The number of nitrogens with zero attached hydrogens (tertiary/aromatic N) is 1. The lowest BCUT2D eigenvalue weighted by molar-refractivity contribution is -0.174. The number of hydrogen-bond donors (Lipinski definition) is 1. The normalized spacial score (nSPS) is 30.1. The van der Waals surface area contributed by atoms with Gasteiger partial charge in [-0.1, -0.05) is 6.92 Å². The predicted octanol–water partition coefficient (Wildman–Crippen LogP) is 2.07. The molecule has 8 heteroatoms. The Morgan fingerprint density at radius 1 is 1.33 bits per heavy atom. The number of halogens is 3. The van der Waals surface area contributed by atoms with Crippen molar-refractivity contribution in [3.8, 4) is 0 Å². The largest absolute Gasteiger partial charge is 0.411 e. The summed E-state index contributed by atoms with van der Waals surface area (Å²) < 4.78 is 40.6. The van der Waals surface area contributed by atoms with Crippen molar-refractivity contribution in [2.45, 2.75) is 44.3 Å². The van der Waals surface area contributed by atoms with E-state index in [1.807, 2.05) is 0 Å². The van der Waals surface area contributed by atoms with Crippen LogP contribution >= 0.6 is 0 Å². The molecule has 0 bridgehead atoms. The third-order valence-electron chi connectivity index (χ3n) is 4.23. The van der Waals surface area contributed by atoms with E-state index in [0.29, 0.717) is 18.8 Å². The average molecular weight is 308 g/mol. The quantitative estimate of drug-likeness (QED) is 0.639. The van der Waals surface area contributed by atoms with Gasteiger partial charge in [-0.15, -0.1) is 0 Å². The highest BCUT2D eigenvalue weighted by atomic mass is 19.4. The number of nitrogens with one attached hydrogen (secondary N) is 1. The molecule has 1 N–H and O–H groups in total. The van der Waals surface area contributed by atoms with Crippen LogP contribution in [0.4, 0.5) is 18.0 Å². The molecule has 2 rings (SSSR count). The van der Waals surface area contributed by atoms with Gasteiger partial charge in [-0.2, -0.15) is 13.2 Å². The first-order valence-electron chi connectivity index (χ1n) is 7.02. The second-order valence-corrected chi connectivity index (χ2v) is 5.79. The average Bonchev–Trinajstić information content (AvgIpc) is 2.60. The molecule has 1 spiro atoms. The second kappa shape index (κ2) is 5.82. The summed E-state index contributed by atoms with van der Waals surface area (Å²) in [6.07, 6.45) is -1.65. The molecular formula is C13H19F3N2O3. The number of ether oxygens (including phenoxy) is 1. The Balaban J connectivity index is 1.96. The fourth-order valence-electron chi connectivity index (χ4n) is 2.99. The number of urea groups is 1. The molecule has 2 fully saturated rings. The molecule has 3 amide bonds. The molecular weight excluding hydrogens is 289 g/mol. The van der Waals surface area contributed by atoms with Gasteiger partial charge in [0, 0.05) is 6.54 Å². The summed E-state index contributed by atoms with van der Waals surface area (Å²) in [6.45, 7) is 0.484. The highest BCUT2D eigenvalue weighted by molar-refractivity contribution is 6.07. The Morgan fingerprint density at radius 2 is 1.95 bits per heavy atom. The van der Waals surface area contributed by atoms with Crippen LogP contribution in [-0.4, -0.2) is 48.3 Å². The molecule has 1 saturated carbocycles. The van der Waals surface area contributed by atoms with Crippen LogP contribution in [0, 0.1) is 5.92 Å². The maximum atomic E-state index is 12.1. The minimum atomic E-state index is -4.39. The Hall–Kier alpha value is -1.31. The van der Waals surface area contributed by atoms with E-state index in [-0.39, 0.29) is 19.1 Å². The molecule has 1 saturated heterocycles. The van der Waals surface area contributed by atoms with E-state index >= 15 is 0 Å². The molecule has 1 heterocycles. The lowest BCUT2D eigenvalue weighted by atomic mass is 9.76. The van der Waals surface area contributed by atoms with Crippen molar-refractivity contribution >= 4 is 11.9 Å². The van der Waals surface area contributed by atoms with Gasteiger partial charge in [0.2, 0.25) is 0 Å². The second-order valence-electron chi connectivity index (χ2n) is 5.79. The number of carbonyl (C=O) groups is 2. The van der Waals surface area contributed by atoms with Gasteiger partial charge >= 0.3 is 12.2 Å². The van der Waals surface area contributed by atoms with Crippen LogP contribution in [0.25, 0.3) is 0 Å². The van der Waals surface area contributed by atoms with Crippen LogP contribution in [0.15, 0.2) is 0 Å². The van der Waals surface area contributed by atoms with Crippen molar-refractivity contribution < 1.29 is 27.5 Å². The lowest BCUT2D eigenvalue weighted by Crippen LogP contribution is -2.52. The van der Waals surface area contributed by atoms with E-state index in [1.165, 1.54) is 4.90 Å². The van der Waals surface area contributed by atoms with Crippen LogP contribution in [-0.2, 0) is 9.53 Å². The minimum Gasteiger partial charge on any atom is -0.370 e. The molecule has 21 heavy (non-hydrogen) atoms. The van der Waals surface area contributed by atoms with Crippen LogP contribution in [0.5, 0.6) is 0 Å². The number of amides is 3. The smallest absolute Gasteiger partial charge is 0.370 e. The maximum absolute atomic E-state index is 12.1. The van der Waals surface area contributed by atoms with Crippen LogP contribution in [0.3, 0.4) is 0 Å². The van der Waals surface area contributed by atoms with Gasteiger partial charge in [0.25, 0.3) is 5.91 Å². The maximum Gasteiger partial charge on any atom is 0.411 e. The van der Waals surface area contributed by atoms with E-state index in [9.17, 15) is 22.8 Å². The zero-order valence-electron chi connectivity index (χ0n) is 11.8. The summed E-state index contributed by atoms with van der Waals surface area (Å²) in [5, 5.41) is 2.27. The van der Waals surface area contributed by atoms with Crippen LogP contribution in [0.1, 0.15) is 32.6 Å². The molecule has 0 aromatic heterocycles. The third-order valence-corrected chi connectivity index (χ3v) is 4.23. The van der Waals surface area contributed by atoms with Gasteiger partial charge in [-0.3, -0.25) is 10.1 Å². The van der Waals surface area contributed by atoms with Gasteiger partial charge in [-0.05, 0) is 31.6 Å². The molecule has 5 nitrogen and oxygen atoms in total. The summed E-state index contributed by atoms with van der Waals surface area (Å²) in [7, 11) is 0. The van der Waals surface area contributed by atoms with Crippen molar-refractivity contribution in [2.75, 3.05) is 19.8 Å². The van der Waals surface area contributed by atoms with Crippen molar-refractivity contribution in [1.82, 2.24) is 10.2 Å². The molecule has 120 valence electrons. The molecule has 0 unspecified atom stereocenters. The van der Waals surface area contributed by atoms with E-state index in [2.05, 4.69) is 17.0 Å². The van der Waals surface area contributed by atoms with Crippen molar-refractivity contribution in [2.24, 2.45) is 5.92 Å². The fraction of sp³-hybridized carbons (Fsp3) is 0.846. The number of rotatable bonds is 4. The summed E-state index contributed by atoms with van der Waals surface area (Å²) in [5.41, 5.74) is -0.898. The molecule has 1 aliphatic heterocycles. The van der Waals surface area contributed by atoms with Gasteiger partial charge in [0.05, 0.1) is 6.61 Å². The summed E-state index contributed by atoms with van der Waals surface area (Å²) in [5.74, 6) is 0.151. The Bertz CT molecular complexity index is 417. The highest BCUT2D eigenvalue weighted by Gasteiger charge is 2.53. The monoisotopic (exact) mass is 308 g/mol. The van der Waals surface area contributed by atoms with Crippen molar-refractivity contribution in [1.29, 1.82) is 0 Å². The first-order chi connectivity index (χ1) is 9.74. The SMILES string of the molecule is CC1CCC2(CC1)C(=O)NC(=O)N2CCOCC(F)(F)F. The van der Waals surface area contributed by atoms with E-state index in [0.717, 1.165) is 12.8 Å². The van der Waals surface area contributed by atoms with E-state index in [1.54, 1.807) is 0 Å². The van der Waals surface area contributed by atoms with Crippen molar-refractivity contribution in [3.05, 3.63) is 0 Å². The van der Waals surface area contributed by atoms with Gasteiger partial charge in [0.1, 0.15) is 12.1 Å². The summed E-state index contributed by atoms with van der Waals surface area (Å²) in [4.78, 5) is 25.3. The number of alkyl halides is 3. The summed E-state index contributed by atoms with van der Waals surface area (Å²) in [6, 6.07) is -0.537. The Morgan fingerprint density at radius 3 is 2.52 bits per heavy atom. The zero-order valence-corrected chi connectivity index (χ0v) is 11.8. The lowest BCUT2D eigenvalue weighted by Gasteiger charge is -2.40. The number of imide groups is 1. The highest BCUT2D eigenvalue weighted by Crippen LogP contribution is 2.39. The zero-order chi connectivity index (χ0) is 15.7. The van der Waals surface area contributed by atoms with Crippen LogP contribution in [0.2, 0.25) is 0 Å².